The predicted octanol–water partition coefficient (Wildman–Crippen LogP) is 2.57. The zero-order valence-corrected chi connectivity index (χ0v) is 12.6. The maximum atomic E-state index is 13.0. The van der Waals surface area contributed by atoms with Crippen LogP contribution >= 0.6 is 0 Å². The molecule has 0 bridgehead atoms. The van der Waals surface area contributed by atoms with Crippen molar-refractivity contribution in [2.45, 2.75) is 12.6 Å². The van der Waals surface area contributed by atoms with Gasteiger partial charge in [-0.05, 0) is 36.1 Å². The number of alkyl halides is 1. The topological polar surface area (TPSA) is 93.8 Å². The highest BCUT2D eigenvalue weighted by molar-refractivity contribution is 5.98. The van der Waals surface area contributed by atoms with Crippen molar-refractivity contribution in [3.63, 3.8) is 0 Å². The van der Waals surface area contributed by atoms with Crippen LogP contribution in [0.3, 0.4) is 0 Å². The van der Waals surface area contributed by atoms with Gasteiger partial charge in [-0.1, -0.05) is 0 Å². The molecule has 3 N–H and O–H groups in total. The fourth-order valence-electron chi connectivity index (χ4n) is 2.56. The highest BCUT2D eigenvalue weighted by Crippen LogP contribution is 2.35. The molecular formula is C17H14FN5O. The summed E-state index contributed by atoms with van der Waals surface area (Å²) in [6, 6.07) is 7.27. The quantitative estimate of drug-likeness (QED) is 0.772. The molecule has 120 valence electrons. The van der Waals surface area contributed by atoms with Gasteiger partial charge in [0.2, 0.25) is 5.91 Å². The molecule has 1 amide bonds. The minimum Gasteiger partial charge on any atom is -0.383 e. The van der Waals surface area contributed by atoms with Gasteiger partial charge in [0.1, 0.15) is 17.8 Å². The number of aromatic nitrogens is 3. The number of nitrogens with one attached hydrogen (secondary N) is 1. The second-order valence-corrected chi connectivity index (χ2v) is 5.77. The Morgan fingerprint density at radius 2 is 2.17 bits per heavy atom. The lowest BCUT2D eigenvalue weighted by atomic mass is 10.1. The van der Waals surface area contributed by atoms with E-state index in [-0.39, 0.29) is 12.3 Å². The van der Waals surface area contributed by atoms with Crippen molar-refractivity contribution >= 4 is 28.3 Å². The summed E-state index contributed by atoms with van der Waals surface area (Å²) in [5.74, 6) is -0.183. The molecule has 0 spiro atoms. The molecule has 1 aliphatic rings. The molecule has 1 fully saturated rings. The van der Waals surface area contributed by atoms with Crippen LogP contribution in [0.25, 0.3) is 22.0 Å². The number of hydrogen-bond donors (Lipinski definition) is 2. The van der Waals surface area contributed by atoms with E-state index in [9.17, 15) is 9.18 Å². The first kappa shape index (κ1) is 14.5. The second kappa shape index (κ2) is 5.52. The number of pyridine rings is 3. The smallest absolute Gasteiger partial charge is 0.231 e. The third kappa shape index (κ3) is 2.64. The second-order valence-electron chi connectivity index (χ2n) is 5.77. The van der Waals surface area contributed by atoms with Crippen molar-refractivity contribution in [3.05, 3.63) is 42.9 Å². The van der Waals surface area contributed by atoms with E-state index in [1.165, 1.54) is 0 Å². The third-order valence-corrected chi connectivity index (χ3v) is 4.00. The molecular weight excluding hydrogens is 309 g/mol. The van der Waals surface area contributed by atoms with Gasteiger partial charge < -0.3 is 11.1 Å². The van der Waals surface area contributed by atoms with Gasteiger partial charge in [-0.25, -0.2) is 14.4 Å². The van der Waals surface area contributed by atoms with E-state index in [1.807, 2.05) is 18.2 Å². The standard InChI is InChI=1S/C17H14FN5O/c18-13-6-11(13)17(24)23-15-5-10-4-14(9-2-1-3-20-7-9)22-16(19)12(10)8-21-15/h1-5,7-8,11,13H,6H2,(H2,19,22)(H,21,23,24)/t11-,13-/m1/s1. The molecule has 2 atom stereocenters. The minimum atomic E-state index is -1.04. The first-order valence-electron chi connectivity index (χ1n) is 7.53. The van der Waals surface area contributed by atoms with Crippen molar-refractivity contribution in [1.29, 1.82) is 0 Å². The Balaban J connectivity index is 1.71. The molecule has 1 saturated carbocycles. The van der Waals surface area contributed by atoms with E-state index in [4.69, 9.17) is 5.73 Å². The normalized spacial score (nSPS) is 19.2. The number of hydrogen-bond acceptors (Lipinski definition) is 5. The Labute approximate surface area is 136 Å². The van der Waals surface area contributed by atoms with Crippen LogP contribution in [0.5, 0.6) is 0 Å². The zero-order valence-electron chi connectivity index (χ0n) is 12.6. The molecule has 4 rings (SSSR count). The van der Waals surface area contributed by atoms with Crippen LogP contribution in [-0.2, 0) is 4.79 Å². The third-order valence-electron chi connectivity index (χ3n) is 4.00. The van der Waals surface area contributed by atoms with E-state index >= 15 is 0 Å². The summed E-state index contributed by atoms with van der Waals surface area (Å²) in [6.45, 7) is 0. The predicted molar refractivity (Wildman–Crippen MR) is 88.8 cm³/mol. The fraction of sp³-hybridized carbons (Fsp3) is 0.176. The van der Waals surface area contributed by atoms with Gasteiger partial charge in [0.15, 0.2) is 0 Å². The minimum absolute atomic E-state index is 0.279. The molecule has 0 aliphatic heterocycles. The van der Waals surface area contributed by atoms with Crippen molar-refractivity contribution in [3.8, 4) is 11.3 Å². The molecule has 0 radical (unpaired) electrons. The zero-order chi connectivity index (χ0) is 16.7. The first-order chi connectivity index (χ1) is 11.6. The molecule has 0 unspecified atom stereocenters. The number of carbonyl (C=O) groups is 1. The van der Waals surface area contributed by atoms with Crippen LogP contribution in [0.1, 0.15) is 6.42 Å². The number of fused-ring (bicyclic) bond motifs is 1. The maximum absolute atomic E-state index is 13.0. The Hall–Kier alpha value is -3.09. The lowest BCUT2D eigenvalue weighted by molar-refractivity contribution is -0.117. The SMILES string of the molecule is Nc1nc(-c2cccnc2)cc2cc(NC(=O)[C@@H]3C[C@H]3F)ncc12. The fourth-order valence-corrected chi connectivity index (χ4v) is 2.56. The van der Waals surface area contributed by atoms with Gasteiger partial charge in [0.25, 0.3) is 0 Å². The van der Waals surface area contributed by atoms with Gasteiger partial charge in [0, 0.05) is 29.5 Å². The van der Waals surface area contributed by atoms with Gasteiger partial charge in [-0.2, -0.15) is 0 Å². The van der Waals surface area contributed by atoms with Gasteiger partial charge in [-0.3, -0.25) is 9.78 Å². The summed E-state index contributed by atoms with van der Waals surface area (Å²) in [5.41, 5.74) is 7.54. The lowest BCUT2D eigenvalue weighted by Gasteiger charge is -2.08. The van der Waals surface area contributed by atoms with Gasteiger partial charge in [0.05, 0.1) is 11.6 Å². The first-order valence-corrected chi connectivity index (χ1v) is 7.53. The highest BCUT2D eigenvalue weighted by Gasteiger charge is 2.43. The number of amides is 1. The Morgan fingerprint density at radius 1 is 1.33 bits per heavy atom. The summed E-state index contributed by atoms with van der Waals surface area (Å²) >= 11 is 0. The number of rotatable bonds is 3. The van der Waals surface area contributed by atoms with Crippen LogP contribution in [0.4, 0.5) is 16.0 Å². The molecule has 3 aromatic rings. The van der Waals surface area contributed by atoms with Crippen LogP contribution in [-0.4, -0.2) is 27.0 Å². The molecule has 3 aromatic heterocycles. The van der Waals surface area contributed by atoms with Crippen LogP contribution < -0.4 is 11.1 Å². The monoisotopic (exact) mass is 323 g/mol. The highest BCUT2D eigenvalue weighted by atomic mass is 19.1. The summed E-state index contributed by atoms with van der Waals surface area (Å²) < 4.78 is 13.0. The average molecular weight is 323 g/mol. The molecule has 3 heterocycles. The Morgan fingerprint density at radius 3 is 2.88 bits per heavy atom. The Kier molecular flexibility index (Phi) is 3.34. The van der Waals surface area contributed by atoms with Crippen LogP contribution in [0.15, 0.2) is 42.9 Å². The average Bonchev–Trinajstić information content (AvgIpc) is 3.32. The number of anilines is 2. The van der Waals surface area contributed by atoms with E-state index in [1.54, 1.807) is 24.7 Å². The van der Waals surface area contributed by atoms with Gasteiger partial charge in [-0.15, -0.1) is 0 Å². The van der Waals surface area contributed by atoms with E-state index in [0.717, 1.165) is 10.9 Å². The molecule has 7 heteroatoms. The van der Waals surface area contributed by atoms with Gasteiger partial charge >= 0.3 is 0 Å². The molecule has 1 aliphatic carbocycles. The molecule has 0 aromatic carbocycles. The maximum Gasteiger partial charge on any atom is 0.231 e. The number of carbonyl (C=O) groups excluding carboxylic acids is 1. The summed E-state index contributed by atoms with van der Waals surface area (Å²) in [4.78, 5) is 24.4. The molecule has 0 saturated heterocycles. The summed E-state index contributed by atoms with van der Waals surface area (Å²) in [6.07, 6.45) is 4.18. The lowest BCUT2D eigenvalue weighted by Crippen LogP contribution is -2.15. The largest absolute Gasteiger partial charge is 0.383 e. The van der Waals surface area contributed by atoms with E-state index in [2.05, 4.69) is 20.3 Å². The van der Waals surface area contributed by atoms with Crippen molar-refractivity contribution in [1.82, 2.24) is 15.0 Å². The summed E-state index contributed by atoms with van der Waals surface area (Å²) in [5, 5.41) is 4.12. The number of nitrogen functional groups attached to an aromatic ring is 1. The van der Waals surface area contributed by atoms with Crippen LogP contribution in [0.2, 0.25) is 0 Å². The number of halogens is 1. The van der Waals surface area contributed by atoms with Crippen molar-refractivity contribution in [2.75, 3.05) is 11.1 Å². The van der Waals surface area contributed by atoms with Crippen molar-refractivity contribution < 1.29 is 9.18 Å². The van der Waals surface area contributed by atoms with E-state index in [0.29, 0.717) is 22.7 Å². The number of nitrogens with two attached hydrogens (primary N) is 1. The van der Waals surface area contributed by atoms with E-state index < -0.39 is 12.1 Å². The van der Waals surface area contributed by atoms with Crippen LogP contribution in [0, 0.1) is 5.92 Å². The van der Waals surface area contributed by atoms with Crippen molar-refractivity contribution in [2.24, 2.45) is 5.92 Å². The number of nitrogens with zero attached hydrogens (tertiary/aromatic N) is 3. The Bertz CT molecular complexity index is 931. The molecule has 24 heavy (non-hydrogen) atoms. The summed E-state index contributed by atoms with van der Waals surface area (Å²) in [7, 11) is 0. The molecule has 6 nitrogen and oxygen atoms in total.